The van der Waals surface area contributed by atoms with Crippen molar-refractivity contribution in [3.63, 3.8) is 0 Å². The van der Waals surface area contributed by atoms with Crippen LogP contribution in [0.25, 0.3) is 11.4 Å². The first kappa shape index (κ1) is 18.7. The zero-order chi connectivity index (χ0) is 18.4. The van der Waals surface area contributed by atoms with E-state index in [0.29, 0.717) is 17.5 Å². The van der Waals surface area contributed by atoms with E-state index in [1.807, 2.05) is 30.5 Å². The molecule has 0 spiro atoms. The van der Waals surface area contributed by atoms with Crippen molar-refractivity contribution in [3.05, 3.63) is 37.2 Å². The van der Waals surface area contributed by atoms with Crippen LogP contribution in [0.3, 0.4) is 0 Å². The Kier molecular flexibility index (Phi) is 6.29. The van der Waals surface area contributed by atoms with Crippen molar-refractivity contribution in [2.45, 2.75) is 30.8 Å². The lowest BCUT2D eigenvalue weighted by molar-refractivity contribution is -0.120. The van der Waals surface area contributed by atoms with Crippen LogP contribution in [0, 0.1) is 5.92 Å². The number of hydrogen-bond donors (Lipinski definition) is 2. The number of allylic oxidation sites excluding steroid dienone is 1. The third-order valence-corrected chi connectivity index (χ3v) is 4.83. The molecule has 25 heavy (non-hydrogen) atoms. The highest BCUT2D eigenvalue weighted by atomic mass is 32.2. The van der Waals surface area contributed by atoms with Crippen LogP contribution in [0.1, 0.15) is 13.8 Å². The Morgan fingerprint density at radius 3 is 2.60 bits per heavy atom. The summed E-state index contributed by atoms with van der Waals surface area (Å²) in [5.74, 6) is 0.163. The van der Waals surface area contributed by atoms with Crippen molar-refractivity contribution >= 4 is 23.7 Å². The molecule has 0 aliphatic heterocycles. The SMILES string of the molecule is C=CCn1c(S[C@@H](C(=O)NC(N)=O)C(C)C)nnc1-c1ccncc1. The van der Waals surface area contributed by atoms with E-state index in [0.717, 1.165) is 5.56 Å². The van der Waals surface area contributed by atoms with Crippen LogP contribution in [-0.4, -0.2) is 36.9 Å². The van der Waals surface area contributed by atoms with Gasteiger partial charge in [0.15, 0.2) is 11.0 Å². The zero-order valence-electron chi connectivity index (χ0n) is 14.0. The summed E-state index contributed by atoms with van der Waals surface area (Å²) in [4.78, 5) is 27.2. The largest absolute Gasteiger partial charge is 0.351 e. The molecule has 8 nitrogen and oxygen atoms in total. The summed E-state index contributed by atoms with van der Waals surface area (Å²) in [5, 5.41) is 10.6. The van der Waals surface area contributed by atoms with E-state index in [1.54, 1.807) is 18.5 Å². The highest BCUT2D eigenvalue weighted by Crippen LogP contribution is 2.30. The highest BCUT2D eigenvalue weighted by Gasteiger charge is 2.27. The maximum atomic E-state index is 12.2. The van der Waals surface area contributed by atoms with Gasteiger partial charge in [0.1, 0.15) is 0 Å². The second-order valence-corrected chi connectivity index (χ2v) is 6.69. The van der Waals surface area contributed by atoms with Gasteiger partial charge in [0.05, 0.1) is 5.25 Å². The smallest absolute Gasteiger partial charge is 0.318 e. The van der Waals surface area contributed by atoms with Gasteiger partial charge in [-0.2, -0.15) is 0 Å². The number of amides is 3. The molecule has 0 unspecified atom stereocenters. The molecule has 3 N–H and O–H groups in total. The summed E-state index contributed by atoms with van der Waals surface area (Å²) >= 11 is 1.24. The summed E-state index contributed by atoms with van der Waals surface area (Å²) in [6.45, 7) is 8.01. The number of aromatic nitrogens is 4. The summed E-state index contributed by atoms with van der Waals surface area (Å²) < 4.78 is 1.86. The molecule has 3 amide bonds. The molecule has 0 radical (unpaired) electrons. The fourth-order valence-corrected chi connectivity index (χ4v) is 3.22. The van der Waals surface area contributed by atoms with E-state index in [2.05, 4.69) is 27.1 Å². The highest BCUT2D eigenvalue weighted by molar-refractivity contribution is 8.00. The molecule has 1 atom stereocenters. The number of carbonyl (C=O) groups excluding carboxylic acids is 2. The number of carbonyl (C=O) groups is 2. The molecule has 0 saturated heterocycles. The molecule has 2 rings (SSSR count). The lowest BCUT2D eigenvalue weighted by Crippen LogP contribution is -2.42. The van der Waals surface area contributed by atoms with E-state index in [1.165, 1.54) is 11.8 Å². The topological polar surface area (TPSA) is 116 Å². The number of primary amides is 1. The van der Waals surface area contributed by atoms with Gasteiger partial charge in [0, 0.05) is 24.5 Å². The predicted octanol–water partition coefficient (Wildman–Crippen LogP) is 1.84. The maximum Gasteiger partial charge on any atom is 0.318 e. The molecule has 0 bridgehead atoms. The zero-order valence-corrected chi connectivity index (χ0v) is 14.9. The third-order valence-electron chi connectivity index (χ3n) is 3.31. The fourth-order valence-electron chi connectivity index (χ4n) is 2.18. The van der Waals surface area contributed by atoms with Crippen molar-refractivity contribution in [2.24, 2.45) is 11.7 Å². The van der Waals surface area contributed by atoms with Gasteiger partial charge < -0.3 is 5.73 Å². The minimum atomic E-state index is -0.874. The lowest BCUT2D eigenvalue weighted by atomic mass is 10.1. The van der Waals surface area contributed by atoms with Gasteiger partial charge in [-0.05, 0) is 18.1 Å². The number of rotatable bonds is 7. The van der Waals surface area contributed by atoms with Gasteiger partial charge in [0.2, 0.25) is 5.91 Å². The molecule has 9 heteroatoms. The second-order valence-electron chi connectivity index (χ2n) is 5.58. The Labute approximate surface area is 149 Å². The molecule has 2 aromatic heterocycles. The van der Waals surface area contributed by atoms with E-state index < -0.39 is 17.2 Å². The first-order chi connectivity index (χ1) is 11.9. The second kappa shape index (κ2) is 8.43. The van der Waals surface area contributed by atoms with Crippen LogP contribution in [0.15, 0.2) is 42.3 Å². The van der Waals surface area contributed by atoms with E-state index in [-0.39, 0.29) is 5.92 Å². The first-order valence-electron chi connectivity index (χ1n) is 7.65. The fraction of sp³-hybridized carbons (Fsp3) is 0.312. The number of pyridine rings is 1. The Hall–Kier alpha value is -2.68. The lowest BCUT2D eigenvalue weighted by Gasteiger charge is -2.18. The Bertz CT molecular complexity index is 759. The van der Waals surface area contributed by atoms with Crippen LogP contribution in [0.5, 0.6) is 0 Å². The minimum Gasteiger partial charge on any atom is -0.351 e. The summed E-state index contributed by atoms with van der Waals surface area (Å²) in [7, 11) is 0. The van der Waals surface area contributed by atoms with Gasteiger partial charge in [-0.25, -0.2) is 4.79 Å². The van der Waals surface area contributed by atoms with Crippen molar-refractivity contribution in [2.75, 3.05) is 0 Å². The number of nitrogens with two attached hydrogens (primary N) is 1. The van der Waals surface area contributed by atoms with Gasteiger partial charge in [-0.1, -0.05) is 31.7 Å². The number of urea groups is 1. The molecular formula is C16H20N6O2S. The van der Waals surface area contributed by atoms with Gasteiger partial charge >= 0.3 is 6.03 Å². The number of hydrogen-bond acceptors (Lipinski definition) is 6. The molecule has 0 fully saturated rings. The number of imide groups is 1. The monoisotopic (exact) mass is 360 g/mol. The van der Waals surface area contributed by atoms with Crippen molar-refractivity contribution < 1.29 is 9.59 Å². The Balaban J connectivity index is 2.34. The molecule has 0 aromatic carbocycles. The van der Waals surface area contributed by atoms with Crippen molar-refractivity contribution in [3.8, 4) is 11.4 Å². The van der Waals surface area contributed by atoms with Crippen LogP contribution < -0.4 is 11.1 Å². The van der Waals surface area contributed by atoms with Crippen molar-refractivity contribution in [1.29, 1.82) is 0 Å². The molecule has 0 saturated carbocycles. The maximum absolute atomic E-state index is 12.2. The quantitative estimate of drug-likeness (QED) is 0.575. The molecule has 2 heterocycles. The summed E-state index contributed by atoms with van der Waals surface area (Å²) in [5.41, 5.74) is 5.91. The van der Waals surface area contributed by atoms with E-state index in [9.17, 15) is 9.59 Å². The van der Waals surface area contributed by atoms with Gasteiger partial charge in [-0.15, -0.1) is 16.8 Å². The number of nitrogens with zero attached hydrogens (tertiary/aromatic N) is 4. The average molecular weight is 360 g/mol. The van der Waals surface area contributed by atoms with Crippen LogP contribution >= 0.6 is 11.8 Å². The molecule has 0 aliphatic carbocycles. The van der Waals surface area contributed by atoms with Gasteiger partial charge in [-0.3, -0.25) is 19.7 Å². The van der Waals surface area contributed by atoms with Crippen LogP contribution in [0.4, 0.5) is 4.79 Å². The van der Waals surface area contributed by atoms with E-state index in [4.69, 9.17) is 5.73 Å². The van der Waals surface area contributed by atoms with Crippen molar-refractivity contribution in [1.82, 2.24) is 25.1 Å². The molecule has 132 valence electrons. The van der Waals surface area contributed by atoms with Gasteiger partial charge in [0.25, 0.3) is 0 Å². The summed E-state index contributed by atoms with van der Waals surface area (Å²) in [6, 6.07) is 2.79. The Morgan fingerprint density at radius 1 is 1.36 bits per heavy atom. The van der Waals surface area contributed by atoms with E-state index >= 15 is 0 Å². The normalized spacial score (nSPS) is 12.0. The molecular weight excluding hydrogens is 340 g/mol. The third kappa shape index (κ3) is 4.66. The predicted molar refractivity (Wildman–Crippen MR) is 95.7 cm³/mol. The van der Waals surface area contributed by atoms with Crippen LogP contribution in [-0.2, 0) is 11.3 Å². The average Bonchev–Trinajstić information content (AvgIpc) is 2.95. The molecule has 0 aliphatic rings. The minimum absolute atomic E-state index is 0.0393. The standard InChI is InChI=1S/C16H20N6O2S/c1-4-9-22-13(11-5-7-18-8-6-11)20-21-16(22)25-12(10(2)3)14(23)19-15(17)24/h4-8,10,12H,1,9H2,2-3H3,(H3,17,19,23,24)/t12-/m1/s1. The van der Waals surface area contributed by atoms with Crippen LogP contribution in [0.2, 0.25) is 0 Å². The summed E-state index contributed by atoms with van der Waals surface area (Å²) in [6.07, 6.45) is 5.07. The molecule has 2 aromatic rings. The first-order valence-corrected chi connectivity index (χ1v) is 8.53. The Morgan fingerprint density at radius 2 is 2.04 bits per heavy atom. The number of thioether (sulfide) groups is 1. The number of nitrogens with one attached hydrogen (secondary N) is 1.